The van der Waals surface area contributed by atoms with E-state index in [2.05, 4.69) is 4.98 Å². The molecule has 0 aliphatic rings. The predicted molar refractivity (Wildman–Crippen MR) is 39.8 cm³/mol. The smallest absolute Gasteiger partial charge is 0.265 e. The van der Waals surface area contributed by atoms with Gasteiger partial charge in [-0.1, -0.05) is 0 Å². The number of hydrogen-bond donors (Lipinski definition) is 1. The van der Waals surface area contributed by atoms with Gasteiger partial charge in [0.25, 0.3) is 6.43 Å². The summed E-state index contributed by atoms with van der Waals surface area (Å²) in [5.41, 5.74) is -1.84. The third-order valence-electron chi connectivity index (χ3n) is 1.66. The zero-order chi connectivity index (χ0) is 10.7. The maximum Gasteiger partial charge on any atom is 0.265 e. The van der Waals surface area contributed by atoms with E-state index in [0.29, 0.717) is 0 Å². The fourth-order valence-corrected chi connectivity index (χ4v) is 1.02. The molecule has 0 amide bonds. The molecule has 0 radical (unpaired) electrons. The van der Waals surface area contributed by atoms with Crippen LogP contribution in [0.1, 0.15) is 23.1 Å². The highest BCUT2D eigenvalue weighted by molar-refractivity contribution is 5.41. The number of aliphatic hydroxyl groups excluding tert-OH is 1. The van der Waals surface area contributed by atoms with Crippen LogP contribution in [0.3, 0.4) is 0 Å². The number of nitrogens with zero attached hydrogens (tertiary/aromatic N) is 2. The Labute approximate surface area is 77.4 Å². The molecule has 0 aromatic carbocycles. The Balaban J connectivity index is 3.46. The maximum absolute atomic E-state index is 12.8. The Morgan fingerprint density at radius 3 is 2.64 bits per heavy atom. The highest BCUT2D eigenvalue weighted by Crippen LogP contribution is 2.27. The fraction of sp³-hybridized carbons (Fsp3) is 0.250. The maximum atomic E-state index is 12.8. The average molecular weight is 202 g/mol. The lowest BCUT2D eigenvalue weighted by molar-refractivity contribution is 0.146. The third kappa shape index (κ3) is 1.67. The summed E-state index contributed by atoms with van der Waals surface area (Å²) in [5.74, 6) is -1.25. The van der Waals surface area contributed by atoms with E-state index in [4.69, 9.17) is 10.4 Å². The van der Waals surface area contributed by atoms with Crippen LogP contribution in [-0.2, 0) is 6.61 Å². The number of hydrogen-bond acceptors (Lipinski definition) is 3. The van der Waals surface area contributed by atoms with Crippen molar-refractivity contribution in [2.24, 2.45) is 0 Å². The van der Waals surface area contributed by atoms with Crippen molar-refractivity contribution in [3.05, 3.63) is 28.8 Å². The molecule has 0 atom stereocenters. The molecule has 1 rings (SSSR count). The molecule has 0 spiro atoms. The third-order valence-corrected chi connectivity index (χ3v) is 1.66. The van der Waals surface area contributed by atoms with Crippen LogP contribution < -0.4 is 0 Å². The van der Waals surface area contributed by atoms with Gasteiger partial charge in [0.2, 0.25) is 5.95 Å². The first-order valence-electron chi connectivity index (χ1n) is 3.58. The second-order valence-corrected chi connectivity index (χ2v) is 2.43. The summed E-state index contributed by atoms with van der Waals surface area (Å²) in [4.78, 5) is 3.08. The molecule has 6 heteroatoms. The van der Waals surface area contributed by atoms with Crippen molar-refractivity contribution in [2.45, 2.75) is 13.0 Å². The summed E-state index contributed by atoms with van der Waals surface area (Å²) in [6.45, 7) is -0.707. The number of pyridine rings is 1. The average Bonchev–Trinajstić information content (AvgIpc) is 2.17. The molecule has 0 fully saturated rings. The molecule has 0 saturated heterocycles. The molecule has 3 nitrogen and oxygen atoms in total. The van der Waals surface area contributed by atoms with Gasteiger partial charge in [-0.2, -0.15) is 9.65 Å². The zero-order valence-corrected chi connectivity index (χ0v) is 6.84. The van der Waals surface area contributed by atoms with Crippen molar-refractivity contribution in [2.75, 3.05) is 0 Å². The van der Waals surface area contributed by atoms with Crippen LogP contribution in [0.4, 0.5) is 13.2 Å². The van der Waals surface area contributed by atoms with E-state index < -0.39 is 30.1 Å². The van der Waals surface area contributed by atoms with Crippen LogP contribution >= 0.6 is 0 Å². The first kappa shape index (κ1) is 10.5. The molecular weight excluding hydrogens is 197 g/mol. The highest BCUT2D eigenvalue weighted by Gasteiger charge is 2.21. The van der Waals surface area contributed by atoms with Gasteiger partial charge in [-0.25, -0.2) is 13.8 Å². The fourth-order valence-electron chi connectivity index (χ4n) is 1.02. The normalized spacial score (nSPS) is 10.3. The molecule has 1 heterocycles. The van der Waals surface area contributed by atoms with Gasteiger partial charge in [-0.15, -0.1) is 0 Å². The van der Waals surface area contributed by atoms with Gasteiger partial charge in [0.1, 0.15) is 11.6 Å². The van der Waals surface area contributed by atoms with Crippen molar-refractivity contribution in [3.63, 3.8) is 0 Å². The van der Waals surface area contributed by atoms with Crippen LogP contribution in [0.5, 0.6) is 0 Å². The Morgan fingerprint density at radius 2 is 2.21 bits per heavy atom. The van der Waals surface area contributed by atoms with Gasteiger partial charge in [-0.05, 0) is 0 Å². The van der Waals surface area contributed by atoms with Gasteiger partial charge in [0, 0.05) is 17.3 Å². The second kappa shape index (κ2) is 4.07. The molecule has 0 unspecified atom stereocenters. The minimum atomic E-state index is -3.01. The van der Waals surface area contributed by atoms with E-state index in [-0.39, 0.29) is 5.56 Å². The molecule has 0 aliphatic heterocycles. The molecule has 1 aromatic rings. The summed E-state index contributed by atoms with van der Waals surface area (Å²) in [7, 11) is 0. The van der Waals surface area contributed by atoms with E-state index in [0.717, 1.165) is 6.20 Å². The lowest BCUT2D eigenvalue weighted by Crippen LogP contribution is -2.03. The Kier molecular flexibility index (Phi) is 3.04. The quantitative estimate of drug-likeness (QED) is 0.739. The van der Waals surface area contributed by atoms with Crippen LogP contribution in [0, 0.1) is 17.3 Å². The lowest BCUT2D eigenvalue weighted by Gasteiger charge is -2.07. The van der Waals surface area contributed by atoms with Crippen molar-refractivity contribution < 1.29 is 18.3 Å². The molecule has 0 aliphatic carbocycles. The topological polar surface area (TPSA) is 56.9 Å². The number of aromatic nitrogens is 1. The predicted octanol–water partition coefficient (Wildman–Crippen LogP) is 1.52. The number of aliphatic hydroxyl groups is 1. The first-order chi connectivity index (χ1) is 6.61. The Bertz CT molecular complexity index is 387. The molecule has 1 N–H and O–H groups in total. The summed E-state index contributed by atoms with van der Waals surface area (Å²) < 4.78 is 37.5. The number of alkyl halides is 2. The van der Waals surface area contributed by atoms with E-state index in [1.54, 1.807) is 0 Å². The van der Waals surface area contributed by atoms with Crippen LogP contribution in [-0.4, -0.2) is 10.1 Å². The monoisotopic (exact) mass is 202 g/mol. The van der Waals surface area contributed by atoms with Crippen LogP contribution in [0.15, 0.2) is 6.20 Å². The van der Waals surface area contributed by atoms with Crippen molar-refractivity contribution in [3.8, 4) is 6.07 Å². The number of nitriles is 1. The van der Waals surface area contributed by atoms with Gasteiger partial charge in [0.05, 0.1) is 6.61 Å². The molecule has 0 saturated carbocycles. The molecular formula is C8H5F3N2O. The summed E-state index contributed by atoms with van der Waals surface area (Å²) >= 11 is 0. The largest absolute Gasteiger partial charge is 0.392 e. The zero-order valence-electron chi connectivity index (χ0n) is 6.84. The minimum Gasteiger partial charge on any atom is -0.392 e. The van der Waals surface area contributed by atoms with Crippen molar-refractivity contribution in [1.82, 2.24) is 4.98 Å². The Morgan fingerprint density at radius 1 is 1.57 bits per heavy atom. The SMILES string of the molecule is N#Cc1c(F)ncc(CO)c1C(F)F. The molecule has 14 heavy (non-hydrogen) atoms. The van der Waals surface area contributed by atoms with Crippen molar-refractivity contribution in [1.29, 1.82) is 5.26 Å². The Hall–Kier alpha value is -1.61. The lowest BCUT2D eigenvalue weighted by atomic mass is 10.1. The van der Waals surface area contributed by atoms with Crippen LogP contribution in [0.2, 0.25) is 0 Å². The number of halogens is 3. The number of rotatable bonds is 2. The van der Waals surface area contributed by atoms with Crippen LogP contribution in [0.25, 0.3) is 0 Å². The first-order valence-corrected chi connectivity index (χ1v) is 3.58. The minimum absolute atomic E-state index is 0.238. The summed E-state index contributed by atoms with van der Waals surface area (Å²) in [5, 5.41) is 17.1. The molecule has 74 valence electrons. The molecule has 0 bridgehead atoms. The van der Waals surface area contributed by atoms with Gasteiger partial charge < -0.3 is 5.11 Å². The second-order valence-electron chi connectivity index (χ2n) is 2.43. The van der Waals surface area contributed by atoms with E-state index >= 15 is 0 Å². The standard InChI is InChI=1S/C8H5F3N2O/c9-7(10)6-4(3-14)2-13-8(11)5(6)1-12/h2,7,14H,3H2. The van der Waals surface area contributed by atoms with Gasteiger partial charge in [-0.3, -0.25) is 0 Å². The van der Waals surface area contributed by atoms with E-state index in [1.165, 1.54) is 6.07 Å². The summed E-state index contributed by atoms with van der Waals surface area (Å²) in [6.07, 6.45) is -2.22. The summed E-state index contributed by atoms with van der Waals surface area (Å²) in [6, 6.07) is 1.29. The van der Waals surface area contributed by atoms with E-state index in [9.17, 15) is 13.2 Å². The van der Waals surface area contributed by atoms with E-state index in [1.807, 2.05) is 0 Å². The highest BCUT2D eigenvalue weighted by atomic mass is 19.3. The van der Waals surface area contributed by atoms with Gasteiger partial charge >= 0.3 is 0 Å². The van der Waals surface area contributed by atoms with Crippen molar-refractivity contribution >= 4 is 0 Å². The molecule has 1 aromatic heterocycles. The van der Waals surface area contributed by atoms with Gasteiger partial charge in [0.15, 0.2) is 0 Å².